The average Bonchev–Trinajstić information content (AvgIpc) is 3.19. The van der Waals surface area contributed by atoms with Crippen molar-refractivity contribution in [1.29, 1.82) is 21.0 Å². The van der Waals surface area contributed by atoms with Crippen LogP contribution in [0.15, 0.2) is 23.8 Å². The zero-order valence-electron chi connectivity index (χ0n) is 11.6. The van der Waals surface area contributed by atoms with Crippen LogP contribution >= 0.6 is 0 Å². The van der Waals surface area contributed by atoms with Crippen LogP contribution in [0.5, 0.6) is 0 Å². The van der Waals surface area contributed by atoms with Gasteiger partial charge in [0.15, 0.2) is 10.8 Å². The topological polar surface area (TPSA) is 121 Å². The molecule has 3 rings (SSSR count). The van der Waals surface area contributed by atoms with Crippen LogP contribution in [0.3, 0.4) is 0 Å². The van der Waals surface area contributed by atoms with E-state index < -0.39 is 28.6 Å². The maximum Gasteiger partial charge on any atom is 0.334 e. The van der Waals surface area contributed by atoms with Crippen LogP contribution in [0.1, 0.15) is 0 Å². The Morgan fingerprint density at radius 3 is 2.09 bits per heavy atom. The molecular weight excluding hydrogens is 280 g/mol. The molecule has 0 spiro atoms. The first-order valence-electron chi connectivity index (χ1n) is 6.70. The number of carbonyl (C=O) groups is 1. The van der Waals surface area contributed by atoms with E-state index in [0.29, 0.717) is 5.57 Å². The number of carbonyl (C=O) groups excluding carboxylic acids is 1. The first kappa shape index (κ1) is 13.9. The highest BCUT2D eigenvalue weighted by molar-refractivity contribution is 5.90. The molecule has 0 bridgehead atoms. The molecule has 106 valence electrons. The average molecular weight is 290 g/mol. The molecule has 22 heavy (non-hydrogen) atoms. The number of allylic oxidation sites excluding steroid dienone is 3. The Balaban J connectivity index is 2.27. The van der Waals surface area contributed by atoms with Crippen LogP contribution in [0, 0.1) is 79.8 Å². The number of nitriles is 4. The van der Waals surface area contributed by atoms with Gasteiger partial charge in [-0.1, -0.05) is 18.2 Å². The van der Waals surface area contributed by atoms with Crippen molar-refractivity contribution >= 4 is 5.97 Å². The number of methoxy groups -OCH3 is 1. The smallest absolute Gasteiger partial charge is 0.334 e. The molecule has 1 saturated carbocycles. The third kappa shape index (κ3) is 1.15. The third-order valence-electron chi connectivity index (χ3n) is 5.24. The van der Waals surface area contributed by atoms with Crippen LogP contribution in [0.2, 0.25) is 0 Å². The first-order chi connectivity index (χ1) is 10.6. The molecule has 0 aromatic rings. The zero-order chi connectivity index (χ0) is 16.1. The highest BCUT2D eigenvalue weighted by Gasteiger charge is 2.75. The fraction of sp³-hybridized carbons (Fsp3) is 0.438. The second-order valence-corrected chi connectivity index (χ2v) is 5.72. The Morgan fingerprint density at radius 2 is 1.59 bits per heavy atom. The van der Waals surface area contributed by atoms with Gasteiger partial charge in [0.2, 0.25) is 0 Å². The summed E-state index contributed by atoms with van der Waals surface area (Å²) in [5.74, 6) is -2.30. The molecule has 6 heteroatoms. The van der Waals surface area contributed by atoms with Crippen molar-refractivity contribution in [3.8, 4) is 24.3 Å². The summed E-state index contributed by atoms with van der Waals surface area (Å²) in [5, 5.41) is 38.4. The van der Waals surface area contributed by atoms with Gasteiger partial charge in [0.25, 0.3) is 0 Å². The van der Waals surface area contributed by atoms with E-state index in [0.717, 1.165) is 0 Å². The van der Waals surface area contributed by atoms with Crippen LogP contribution in [-0.2, 0) is 9.53 Å². The highest BCUT2D eigenvalue weighted by Crippen LogP contribution is 2.69. The summed E-state index contributed by atoms with van der Waals surface area (Å²) < 4.78 is 4.75. The predicted molar refractivity (Wildman–Crippen MR) is 70.5 cm³/mol. The highest BCUT2D eigenvalue weighted by atomic mass is 16.5. The zero-order valence-corrected chi connectivity index (χ0v) is 11.6. The van der Waals surface area contributed by atoms with Gasteiger partial charge in [-0.25, -0.2) is 4.79 Å². The van der Waals surface area contributed by atoms with Crippen molar-refractivity contribution in [1.82, 2.24) is 0 Å². The van der Waals surface area contributed by atoms with E-state index >= 15 is 0 Å². The van der Waals surface area contributed by atoms with Crippen LogP contribution < -0.4 is 0 Å². The van der Waals surface area contributed by atoms with E-state index in [-0.39, 0.29) is 11.8 Å². The van der Waals surface area contributed by atoms with Gasteiger partial charge in [-0.05, 0) is 5.92 Å². The van der Waals surface area contributed by atoms with E-state index in [9.17, 15) is 25.8 Å². The van der Waals surface area contributed by atoms with Gasteiger partial charge < -0.3 is 4.74 Å². The molecular formula is C16H10N4O2. The van der Waals surface area contributed by atoms with E-state index in [2.05, 4.69) is 0 Å². The van der Waals surface area contributed by atoms with Crippen molar-refractivity contribution in [3.05, 3.63) is 23.8 Å². The van der Waals surface area contributed by atoms with E-state index in [4.69, 9.17) is 4.74 Å². The summed E-state index contributed by atoms with van der Waals surface area (Å²) in [4.78, 5) is 11.9. The third-order valence-corrected chi connectivity index (χ3v) is 5.24. The van der Waals surface area contributed by atoms with Crippen molar-refractivity contribution in [2.75, 3.05) is 7.11 Å². The summed E-state index contributed by atoms with van der Waals surface area (Å²) in [6.07, 6.45) is 5.03. The SMILES string of the molecule is COC(=O)C1=C[C@@H]2[C@@H]3[C@H]1C=C[C@@H]3C(C#N)(C#N)C2(C#N)C#N. The lowest BCUT2D eigenvalue weighted by Crippen LogP contribution is -2.39. The van der Waals surface area contributed by atoms with Gasteiger partial charge in [0.1, 0.15) is 0 Å². The Labute approximate surface area is 127 Å². The molecule has 0 N–H and O–H groups in total. The quantitative estimate of drug-likeness (QED) is 0.528. The van der Waals surface area contributed by atoms with E-state index in [1.165, 1.54) is 7.11 Å². The Hall–Kier alpha value is -3.09. The molecule has 6 nitrogen and oxygen atoms in total. The molecule has 0 heterocycles. The first-order valence-corrected chi connectivity index (χ1v) is 6.70. The molecule has 3 aliphatic carbocycles. The molecule has 0 unspecified atom stereocenters. The summed E-state index contributed by atoms with van der Waals surface area (Å²) in [5.41, 5.74) is -3.12. The van der Waals surface area contributed by atoms with Crippen molar-refractivity contribution in [3.63, 3.8) is 0 Å². The number of nitrogens with zero attached hydrogens (tertiary/aromatic N) is 4. The largest absolute Gasteiger partial charge is 0.466 e. The molecule has 4 atom stereocenters. The second-order valence-electron chi connectivity index (χ2n) is 5.72. The maximum atomic E-state index is 11.9. The standard InChI is InChI=1S/C16H10N4O2/c1-22-14(21)10-4-12-13-9(10)2-3-11(13)15(5-17,6-18)16(12,7-19)8-20/h2-4,9,11-13H,1H3/t9-,11-,12+,13+/m0/s1. The van der Waals surface area contributed by atoms with E-state index in [1.807, 2.05) is 24.3 Å². The van der Waals surface area contributed by atoms with Gasteiger partial charge in [-0.2, -0.15) is 21.0 Å². The van der Waals surface area contributed by atoms with Gasteiger partial charge in [-0.15, -0.1) is 0 Å². The summed E-state index contributed by atoms with van der Waals surface area (Å²) in [6.45, 7) is 0. The number of ether oxygens (including phenoxy) is 1. The van der Waals surface area contributed by atoms with Crippen molar-refractivity contribution in [2.45, 2.75) is 0 Å². The van der Waals surface area contributed by atoms with E-state index in [1.54, 1.807) is 18.2 Å². The van der Waals surface area contributed by atoms with Gasteiger partial charge >= 0.3 is 5.97 Å². The lowest BCUT2D eigenvalue weighted by atomic mass is 9.63. The van der Waals surface area contributed by atoms with Gasteiger partial charge in [0, 0.05) is 23.3 Å². The Bertz CT molecular complexity index is 768. The van der Waals surface area contributed by atoms with Crippen LogP contribution in [0.25, 0.3) is 0 Å². The van der Waals surface area contributed by atoms with Gasteiger partial charge in [-0.3, -0.25) is 0 Å². The lowest BCUT2D eigenvalue weighted by Gasteiger charge is -2.28. The molecule has 0 aromatic heterocycles. The molecule has 0 aromatic carbocycles. The van der Waals surface area contributed by atoms with Gasteiger partial charge in [0.05, 0.1) is 31.4 Å². The molecule has 0 amide bonds. The van der Waals surface area contributed by atoms with Crippen molar-refractivity contribution < 1.29 is 9.53 Å². The fourth-order valence-electron chi connectivity index (χ4n) is 4.29. The predicted octanol–water partition coefficient (Wildman–Crippen LogP) is 1.21. The maximum absolute atomic E-state index is 11.9. The lowest BCUT2D eigenvalue weighted by molar-refractivity contribution is -0.136. The van der Waals surface area contributed by atoms with Crippen molar-refractivity contribution in [2.24, 2.45) is 34.5 Å². The summed E-state index contributed by atoms with van der Waals surface area (Å²) in [6, 6.07) is 7.70. The normalized spacial score (nSPS) is 34.5. The van der Waals surface area contributed by atoms with Crippen LogP contribution in [-0.4, -0.2) is 13.1 Å². The monoisotopic (exact) mass is 290 g/mol. The molecule has 0 aliphatic heterocycles. The second kappa shape index (κ2) is 4.20. The summed E-state index contributed by atoms with van der Waals surface area (Å²) in [7, 11) is 1.27. The number of hydrogen-bond donors (Lipinski definition) is 0. The Kier molecular flexibility index (Phi) is 2.65. The molecule has 3 aliphatic rings. The Morgan fingerprint density at radius 1 is 1.05 bits per heavy atom. The molecule has 0 radical (unpaired) electrons. The van der Waals surface area contributed by atoms with Crippen LogP contribution in [0.4, 0.5) is 0 Å². The number of rotatable bonds is 1. The molecule has 1 fully saturated rings. The summed E-state index contributed by atoms with van der Waals surface area (Å²) >= 11 is 0. The number of esters is 1. The number of hydrogen-bond acceptors (Lipinski definition) is 6. The minimum atomic E-state index is -1.79. The fourth-order valence-corrected chi connectivity index (χ4v) is 4.29. The minimum Gasteiger partial charge on any atom is -0.466 e. The minimum absolute atomic E-state index is 0.298. The molecule has 0 saturated heterocycles.